The summed E-state index contributed by atoms with van der Waals surface area (Å²) in [7, 11) is 1.09. The highest BCUT2D eigenvalue weighted by Crippen LogP contribution is 2.39. The Bertz CT molecular complexity index is 1190. The Morgan fingerprint density at radius 1 is 0.878 bits per heavy atom. The van der Waals surface area contributed by atoms with Gasteiger partial charge in [-0.25, -0.2) is 14.0 Å². The molecule has 0 heterocycles. The molecule has 0 radical (unpaired) electrons. The van der Waals surface area contributed by atoms with Crippen LogP contribution in [-0.2, 0) is 32.1 Å². The Morgan fingerprint density at radius 3 is 1.90 bits per heavy atom. The van der Waals surface area contributed by atoms with Crippen molar-refractivity contribution in [1.29, 1.82) is 0 Å². The van der Waals surface area contributed by atoms with Crippen LogP contribution in [-0.4, -0.2) is 58.3 Å². The van der Waals surface area contributed by atoms with Crippen molar-refractivity contribution in [3.8, 4) is 5.75 Å². The number of alkyl halides is 4. The molecule has 0 aliphatic heterocycles. The van der Waals surface area contributed by atoms with Crippen LogP contribution in [0.2, 0.25) is 0 Å². The summed E-state index contributed by atoms with van der Waals surface area (Å²) in [6.45, 7) is 6.61. The SMILES string of the molecule is CN(C(=O)OC(C)(C)C)[C@](CC(C)(C)F)(C(=O)O)[C@H](Cc1ccc(OC(F)(F)F)cc1)C(=O)OCc1ccccc1. The normalized spacial score (nSPS) is 14.4. The van der Waals surface area contributed by atoms with Gasteiger partial charge in [-0.05, 0) is 64.3 Å². The Labute approximate surface area is 236 Å². The van der Waals surface area contributed by atoms with E-state index in [4.69, 9.17) is 9.47 Å². The maximum absolute atomic E-state index is 15.3. The van der Waals surface area contributed by atoms with Gasteiger partial charge in [0.05, 0.1) is 5.92 Å². The Morgan fingerprint density at radius 2 is 1.44 bits per heavy atom. The van der Waals surface area contributed by atoms with Gasteiger partial charge in [0.2, 0.25) is 0 Å². The molecule has 2 atom stereocenters. The minimum absolute atomic E-state index is 0.209. The van der Waals surface area contributed by atoms with Gasteiger partial charge < -0.3 is 19.3 Å². The third kappa shape index (κ3) is 9.94. The Hall–Kier alpha value is -3.83. The maximum atomic E-state index is 15.3. The molecule has 0 bridgehead atoms. The Balaban J connectivity index is 2.63. The van der Waals surface area contributed by atoms with Gasteiger partial charge in [-0.15, -0.1) is 13.2 Å². The third-order valence-corrected chi connectivity index (χ3v) is 6.01. The lowest BCUT2D eigenvalue weighted by atomic mass is 9.73. The maximum Gasteiger partial charge on any atom is 0.573 e. The van der Waals surface area contributed by atoms with E-state index in [1.54, 1.807) is 51.1 Å². The van der Waals surface area contributed by atoms with Crippen molar-refractivity contribution in [2.45, 2.75) is 77.2 Å². The van der Waals surface area contributed by atoms with Crippen molar-refractivity contribution >= 4 is 18.0 Å². The summed E-state index contributed by atoms with van der Waals surface area (Å²) in [5, 5.41) is 10.6. The zero-order valence-corrected chi connectivity index (χ0v) is 23.8. The summed E-state index contributed by atoms with van der Waals surface area (Å²) in [6, 6.07) is 12.9. The molecule has 2 aromatic carbocycles. The van der Waals surface area contributed by atoms with Gasteiger partial charge in [-0.1, -0.05) is 42.5 Å². The van der Waals surface area contributed by atoms with Crippen LogP contribution in [0.25, 0.3) is 0 Å². The number of carboxylic acid groups (broad SMARTS) is 1. The fraction of sp³-hybridized carbons (Fsp3) is 0.483. The smallest absolute Gasteiger partial charge is 0.479 e. The summed E-state index contributed by atoms with van der Waals surface area (Å²) in [6.07, 6.45) is -7.34. The van der Waals surface area contributed by atoms with E-state index >= 15 is 4.39 Å². The summed E-state index contributed by atoms with van der Waals surface area (Å²) >= 11 is 0. The van der Waals surface area contributed by atoms with Crippen molar-refractivity contribution in [3.05, 3.63) is 65.7 Å². The summed E-state index contributed by atoms with van der Waals surface area (Å²) in [5.41, 5.74) is -5.01. The predicted octanol–water partition coefficient (Wildman–Crippen LogP) is 6.32. The van der Waals surface area contributed by atoms with Crippen LogP contribution in [0, 0.1) is 5.92 Å². The topological polar surface area (TPSA) is 102 Å². The molecule has 0 saturated carbocycles. The third-order valence-electron chi connectivity index (χ3n) is 6.01. The van der Waals surface area contributed by atoms with Crippen LogP contribution < -0.4 is 4.74 Å². The van der Waals surface area contributed by atoms with E-state index in [2.05, 4.69) is 4.74 Å². The van der Waals surface area contributed by atoms with Gasteiger partial charge in [0.1, 0.15) is 23.6 Å². The number of carbonyl (C=O) groups excluding carboxylic acids is 2. The fourth-order valence-corrected chi connectivity index (χ4v) is 4.32. The van der Waals surface area contributed by atoms with E-state index in [1.807, 2.05) is 0 Å². The van der Waals surface area contributed by atoms with Gasteiger partial charge in [0.25, 0.3) is 0 Å². The van der Waals surface area contributed by atoms with Crippen molar-refractivity contribution in [2.24, 2.45) is 5.92 Å². The van der Waals surface area contributed by atoms with Crippen LogP contribution in [0.1, 0.15) is 52.2 Å². The van der Waals surface area contributed by atoms with Gasteiger partial charge in [0.15, 0.2) is 5.54 Å². The number of hydrogen-bond donors (Lipinski definition) is 1. The van der Waals surface area contributed by atoms with E-state index in [0.717, 1.165) is 33.0 Å². The van der Waals surface area contributed by atoms with Crippen molar-refractivity contribution in [3.63, 3.8) is 0 Å². The second kappa shape index (κ2) is 12.8. The zero-order chi connectivity index (χ0) is 31.2. The highest BCUT2D eigenvalue weighted by Gasteiger charge is 2.58. The van der Waals surface area contributed by atoms with Crippen LogP contribution in [0.15, 0.2) is 54.6 Å². The number of rotatable bonds is 11. The minimum Gasteiger partial charge on any atom is -0.479 e. The molecule has 8 nitrogen and oxygen atoms in total. The number of amides is 1. The van der Waals surface area contributed by atoms with E-state index in [-0.39, 0.29) is 12.2 Å². The number of carboxylic acids is 1. The second-order valence-corrected chi connectivity index (χ2v) is 11.2. The highest BCUT2D eigenvalue weighted by atomic mass is 19.4. The molecule has 0 aliphatic carbocycles. The molecule has 0 aliphatic rings. The van der Waals surface area contributed by atoms with Crippen molar-refractivity contribution in [2.75, 3.05) is 7.05 Å². The summed E-state index contributed by atoms with van der Waals surface area (Å²) in [5.74, 6) is -5.02. The molecule has 0 fully saturated rings. The summed E-state index contributed by atoms with van der Waals surface area (Å²) in [4.78, 5) is 40.6. The van der Waals surface area contributed by atoms with Crippen LogP contribution in [0.5, 0.6) is 5.75 Å². The number of hydrogen-bond acceptors (Lipinski definition) is 6. The van der Waals surface area contributed by atoms with E-state index in [0.29, 0.717) is 10.5 Å². The van der Waals surface area contributed by atoms with E-state index in [1.165, 1.54) is 12.1 Å². The first-order valence-electron chi connectivity index (χ1n) is 12.7. The number of aliphatic carboxylic acids is 1. The van der Waals surface area contributed by atoms with Gasteiger partial charge in [-0.3, -0.25) is 9.69 Å². The predicted molar refractivity (Wildman–Crippen MR) is 141 cm³/mol. The largest absolute Gasteiger partial charge is 0.573 e. The molecule has 0 spiro atoms. The van der Waals surface area contributed by atoms with Crippen LogP contribution in [0.3, 0.4) is 0 Å². The molecule has 1 amide bonds. The average Bonchev–Trinajstić information content (AvgIpc) is 2.83. The van der Waals surface area contributed by atoms with Gasteiger partial charge >= 0.3 is 24.4 Å². The number of ether oxygens (including phenoxy) is 3. The fourth-order valence-electron chi connectivity index (χ4n) is 4.32. The number of likely N-dealkylation sites (N-methyl/N-ethyl adjacent to an activating group) is 1. The first kappa shape index (κ1) is 33.4. The number of carbonyl (C=O) groups is 3. The molecule has 0 aromatic heterocycles. The molecule has 1 N–H and O–H groups in total. The average molecular weight is 586 g/mol. The Kier molecular flexibility index (Phi) is 10.4. The lowest BCUT2D eigenvalue weighted by molar-refractivity contribution is -0.274. The first-order valence-corrected chi connectivity index (χ1v) is 12.7. The highest BCUT2D eigenvalue weighted by molar-refractivity contribution is 5.91. The van der Waals surface area contributed by atoms with E-state index < -0.39 is 65.7 Å². The van der Waals surface area contributed by atoms with Gasteiger partial charge in [0, 0.05) is 13.5 Å². The minimum atomic E-state index is -4.94. The quantitative estimate of drug-likeness (QED) is 0.243. The lowest BCUT2D eigenvalue weighted by Crippen LogP contribution is -2.65. The molecule has 2 rings (SSSR count). The molecule has 12 heteroatoms. The monoisotopic (exact) mass is 585 g/mol. The first-order chi connectivity index (χ1) is 18.7. The number of esters is 1. The van der Waals surface area contributed by atoms with Crippen LogP contribution >= 0.6 is 0 Å². The standard InChI is InChI=1S/C29H35F4NO7/c1-26(2,3)41-25(38)34(6)28(24(36)37,18-27(4,5)30)22(23(35)39-17-20-10-8-7-9-11-20)16-19-12-14-21(15-13-19)40-29(31,32)33/h7-15,22H,16-18H2,1-6H3,(H,36,37)/t22-,28+/m1/s1. The zero-order valence-electron chi connectivity index (χ0n) is 23.8. The van der Waals surface area contributed by atoms with Crippen molar-refractivity contribution < 1.29 is 51.3 Å². The second-order valence-electron chi connectivity index (χ2n) is 11.2. The molecule has 41 heavy (non-hydrogen) atoms. The van der Waals surface area contributed by atoms with Crippen molar-refractivity contribution in [1.82, 2.24) is 4.90 Å². The molecule has 0 saturated heterocycles. The molecule has 2 aromatic rings. The van der Waals surface area contributed by atoms with Gasteiger partial charge in [-0.2, -0.15) is 0 Å². The number of benzene rings is 2. The molecular formula is C29H35F4NO7. The molecule has 0 unspecified atom stereocenters. The number of nitrogens with zero attached hydrogens (tertiary/aromatic N) is 1. The van der Waals surface area contributed by atoms with Crippen LogP contribution in [0.4, 0.5) is 22.4 Å². The molecule has 226 valence electrons. The summed E-state index contributed by atoms with van der Waals surface area (Å²) < 4.78 is 67.9. The van der Waals surface area contributed by atoms with E-state index in [9.17, 15) is 32.7 Å². The lowest BCUT2D eigenvalue weighted by Gasteiger charge is -2.44. The number of halogens is 4. The molecular weight excluding hydrogens is 550 g/mol.